The number of nitrogens with zero attached hydrogens (tertiary/aromatic N) is 3. The van der Waals surface area contributed by atoms with E-state index in [9.17, 15) is 14.3 Å². The van der Waals surface area contributed by atoms with Crippen molar-refractivity contribution >= 4 is 5.91 Å². The number of halogens is 1. The Hall–Kier alpha value is -3.15. The van der Waals surface area contributed by atoms with Gasteiger partial charge in [-0.3, -0.25) is 4.79 Å². The molecule has 0 aliphatic carbocycles. The number of carbonyl (C=O) groups excluding carboxylic acids is 1. The molecule has 1 fully saturated rings. The number of likely N-dealkylation sites (tertiary alicyclic amines) is 1. The first-order valence-electron chi connectivity index (χ1n) is 8.92. The van der Waals surface area contributed by atoms with Gasteiger partial charge in [0.15, 0.2) is 11.4 Å². The number of hydrogen-bond acceptors (Lipinski definition) is 3. The summed E-state index contributed by atoms with van der Waals surface area (Å²) in [4.78, 5) is 14.6. The molecular formula is C21H20FN3O2. The van der Waals surface area contributed by atoms with Crippen LogP contribution in [0, 0.1) is 12.7 Å². The van der Waals surface area contributed by atoms with Gasteiger partial charge in [-0.05, 0) is 42.7 Å². The minimum atomic E-state index is -0.340. The lowest BCUT2D eigenvalue weighted by Crippen LogP contribution is -2.29. The lowest BCUT2D eigenvalue weighted by atomic mass is 9.99. The summed E-state index contributed by atoms with van der Waals surface area (Å²) in [5.74, 6) is -0.511. The highest BCUT2D eigenvalue weighted by Gasteiger charge is 2.30. The highest BCUT2D eigenvalue weighted by atomic mass is 19.1. The van der Waals surface area contributed by atoms with Gasteiger partial charge >= 0.3 is 0 Å². The van der Waals surface area contributed by atoms with E-state index in [2.05, 4.69) is 17.2 Å². The molecule has 1 aromatic heterocycles. The standard InChI is InChI=1S/C21H20FN3O2/c1-14-11-17(22)7-8-18(14)25-13-19(26)20(23-25)21(27)24-10-9-16(12-24)15-5-3-2-4-6-15/h2-8,11,13,16,26H,9-10,12H2,1H3. The van der Waals surface area contributed by atoms with Gasteiger partial charge in [0, 0.05) is 19.0 Å². The Balaban J connectivity index is 1.55. The van der Waals surface area contributed by atoms with Crippen molar-refractivity contribution in [2.24, 2.45) is 0 Å². The van der Waals surface area contributed by atoms with Crippen LogP contribution in [0.2, 0.25) is 0 Å². The first kappa shape index (κ1) is 17.3. The van der Waals surface area contributed by atoms with Crippen LogP contribution >= 0.6 is 0 Å². The van der Waals surface area contributed by atoms with Crippen molar-refractivity contribution in [1.82, 2.24) is 14.7 Å². The van der Waals surface area contributed by atoms with Crippen LogP contribution < -0.4 is 0 Å². The maximum absolute atomic E-state index is 13.3. The quantitative estimate of drug-likeness (QED) is 0.771. The lowest BCUT2D eigenvalue weighted by molar-refractivity contribution is 0.0781. The molecule has 2 aromatic carbocycles. The normalized spacial score (nSPS) is 16.7. The van der Waals surface area contributed by atoms with Crippen LogP contribution in [-0.4, -0.2) is 38.8 Å². The summed E-state index contributed by atoms with van der Waals surface area (Å²) < 4.78 is 14.7. The Kier molecular flexibility index (Phi) is 4.39. The highest BCUT2D eigenvalue weighted by Crippen LogP contribution is 2.29. The van der Waals surface area contributed by atoms with Gasteiger partial charge in [-0.15, -0.1) is 0 Å². The predicted molar refractivity (Wildman–Crippen MR) is 99.6 cm³/mol. The van der Waals surface area contributed by atoms with E-state index in [4.69, 9.17) is 0 Å². The molecule has 1 atom stereocenters. The van der Waals surface area contributed by atoms with E-state index in [1.807, 2.05) is 18.2 Å². The van der Waals surface area contributed by atoms with Crippen LogP contribution in [0.1, 0.15) is 34.0 Å². The van der Waals surface area contributed by atoms with Crippen molar-refractivity contribution in [2.75, 3.05) is 13.1 Å². The molecule has 1 aliphatic heterocycles. The zero-order valence-corrected chi connectivity index (χ0v) is 15.0. The Labute approximate surface area is 156 Å². The van der Waals surface area contributed by atoms with Crippen LogP contribution in [0.4, 0.5) is 4.39 Å². The summed E-state index contributed by atoms with van der Waals surface area (Å²) in [5.41, 5.74) is 2.52. The van der Waals surface area contributed by atoms with Crippen LogP contribution in [0.5, 0.6) is 5.75 Å². The third-order valence-electron chi connectivity index (χ3n) is 5.05. The van der Waals surface area contributed by atoms with Gasteiger partial charge in [0.2, 0.25) is 0 Å². The summed E-state index contributed by atoms with van der Waals surface area (Å²) in [5, 5.41) is 14.5. The maximum Gasteiger partial charge on any atom is 0.278 e. The molecule has 1 aliphatic rings. The number of aromatic nitrogens is 2. The number of hydrogen-bond donors (Lipinski definition) is 1. The molecule has 1 amide bonds. The van der Waals surface area contributed by atoms with Crippen LogP contribution in [0.25, 0.3) is 5.69 Å². The van der Waals surface area contributed by atoms with E-state index in [0.29, 0.717) is 30.3 Å². The van der Waals surface area contributed by atoms with E-state index < -0.39 is 0 Å². The molecule has 27 heavy (non-hydrogen) atoms. The number of carbonyl (C=O) groups is 1. The fraction of sp³-hybridized carbons (Fsp3) is 0.238. The highest BCUT2D eigenvalue weighted by molar-refractivity contribution is 5.95. The zero-order chi connectivity index (χ0) is 19.0. The summed E-state index contributed by atoms with van der Waals surface area (Å²) in [6.45, 7) is 2.98. The number of amides is 1. The molecular weight excluding hydrogens is 345 g/mol. The van der Waals surface area contributed by atoms with Crippen molar-refractivity contribution in [2.45, 2.75) is 19.3 Å². The zero-order valence-electron chi connectivity index (χ0n) is 15.0. The molecule has 1 saturated heterocycles. The van der Waals surface area contributed by atoms with Gasteiger partial charge in [0.25, 0.3) is 5.91 Å². The van der Waals surface area contributed by atoms with Crippen LogP contribution in [0.3, 0.4) is 0 Å². The molecule has 0 saturated carbocycles. The minimum Gasteiger partial charge on any atom is -0.504 e. The molecule has 0 spiro atoms. The van der Waals surface area contributed by atoms with Crippen LogP contribution in [-0.2, 0) is 0 Å². The lowest BCUT2D eigenvalue weighted by Gasteiger charge is -2.15. The molecule has 138 valence electrons. The van der Waals surface area contributed by atoms with Gasteiger partial charge in [0.1, 0.15) is 5.82 Å². The average Bonchev–Trinajstić information content (AvgIpc) is 3.29. The summed E-state index contributed by atoms with van der Waals surface area (Å²) in [7, 11) is 0. The van der Waals surface area contributed by atoms with Crippen molar-refractivity contribution < 1.29 is 14.3 Å². The van der Waals surface area contributed by atoms with Crippen molar-refractivity contribution in [3.8, 4) is 11.4 Å². The molecule has 2 heterocycles. The first-order chi connectivity index (χ1) is 13.0. The van der Waals surface area contributed by atoms with Crippen molar-refractivity contribution in [3.05, 3.63) is 77.4 Å². The molecule has 6 heteroatoms. The predicted octanol–water partition coefficient (Wildman–Crippen LogP) is 3.66. The topological polar surface area (TPSA) is 58.4 Å². The van der Waals surface area contributed by atoms with E-state index in [0.717, 1.165) is 6.42 Å². The van der Waals surface area contributed by atoms with E-state index in [-0.39, 0.29) is 23.2 Å². The van der Waals surface area contributed by atoms with E-state index in [1.165, 1.54) is 28.6 Å². The summed E-state index contributed by atoms with van der Waals surface area (Å²) in [6, 6.07) is 14.4. The summed E-state index contributed by atoms with van der Waals surface area (Å²) >= 11 is 0. The molecule has 1 N–H and O–H groups in total. The summed E-state index contributed by atoms with van der Waals surface area (Å²) in [6.07, 6.45) is 2.27. The van der Waals surface area contributed by atoms with E-state index in [1.54, 1.807) is 17.9 Å². The number of rotatable bonds is 3. The number of benzene rings is 2. The first-order valence-corrected chi connectivity index (χ1v) is 8.92. The minimum absolute atomic E-state index is 0.0208. The molecule has 0 bridgehead atoms. The van der Waals surface area contributed by atoms with Gasteiger partial charge in [-0.2, -0.15) is 5.10 Å². The van der Waals surface area contributed by atoms with E-state index >= 15 is 0 Å². The molecule has 3 aromatic rings. The molecule has 4 rings (SSSR count). The second-order valence-corrected chi connectivity index (χ2v) is 6.89. The fourth-order valence-electron chi connectivity index (χ4n) is 3.61. The van der Waals surface area contributed by atoms with Crippen molar-refractivity contribution in [1.29, 1.82) is 0 Å². The third-order valence-corrected chi connectivity index (χ3v) is 5.05. The molecule has 5 nitrogen and oxygen atoms in total. The molecule has 0 radical (unpaired) electrons. The van der Waals surface area contributed by atoms with Gasteiger partial charge in [-0.1, -0.05) is 30.3 Å². The second kappa shape index (κ2) is 6.87. The number of aryl methyl sites for hydroxylation is 1. The second-order valence-electron chi connectivity index (χ2n) is 6.89. The SMILES string of the molecule is Cc1cc(F)ccc1-n1cc(O)c(C(=O)N2CCC(c3ccccc3)C2)n1. The van der Waals surface area contributed by atoms with Crippen molar-refractivity contribution in [3.63, 3.8) is 0 Å². The Morgan fingerprint density at radius 3 is 2.74 bits per heavy atom. The van der Waals surface area contributed by atoms with Gasteiger partial charge in [0.05, 0.1) is 11.9 Å². The van der Waals surface area contributed by atoms with Gasteiger partial charge < -0.3 is 10.0 Å². The monoisotopic (exact) mass is 365 g/mol. The molecule has 1 unspecified atom stereocenters. The van der Waals surface area contributed by atoms with Gasteiger partial charge in [-0.25, -0.2) is 9.07 Å². The largest absolute Gasteiger partial charge is 0.504 e. The number of aromatic hydroxyl groups is 1. The Morgan fingerprint density at radius 1 is 1.22 bits per heavy atom. The Bertz CT molecular complexity index is 984. The maximum atomic E-state index is 13.3. The fourth-order valence-corrected chi connectivity index (χ4v) is 3.61. The third kappa shape index (κ3) is 3.30. The Morgan fingerprint density at radius 2 is 2.00 bits per heavy atom. The smallest absolute Gasteiger partial charge is 0.278 e. The average molecular weight is 365 g/mol. The van der Waals surface area contributed by atoms with Crippen LogP contribution in [0.15, 0.2) is 54.7 Å².